The van der Waals surface area contributed by atoms with Crippen LogP contribution in [0.25, 0.3) is 6.08 Å². The molecule has 0 aromatic heterocycles. The lowest BCUT2D eigenvalue weighted by molar-refractivity contribution is -0.127. The second kappa shape index (κ2) is 12.2. The minimum absolute atomic E-state index is 0.181. The molecule has 0 unspecified atom stereocenters. The number of anilines is 1. The van der Waals surface area contributed by atoms with Crippen LogP contribution in [0.1, 0.15) is 36.5 Å². The molecule has 196 valence electrons. The summed E-state index contributed by atoms with van der Waals surface area (Å²) < 4.78 is 11.3. The standard InChI is InChI=1S/C29H27ClN2O5S/c1-18(2)21-9-11-22(12-10-21)31-26(33)16-32-28(34)25(38-29(32)35)15-20-13-23(30)27(24(14-20)36-3)37-17-19-7-5-4-6-8-19/h4-15,18H,16-17H2,1-3H3,(H,31,33)/b25-15-. The second-order valence-corrected chi connectivity index (χ2v) is 10.3. The number of nitrogens with zero attached hydrogens (tertiary/aromatic N) is 1. The van der Waals surface area contributed by atoms with Crippen molar-refractivity contribution < 1.29 is 23.9 Å². The van der Waals surface area contributed by atoms with Gasteiger partial charge in [-0.2, -0.15) is 0 Å². The fourth-order valence-electron chi connectivity index (χ4n) is 3.78. The molecule has 0 saturated carbocycles. The van der Waals surface area contributed by atoms with E-state index in [4.69, 9.17) is 21.1 Å². The molecule has 9 heteroatoms. The molecule has 1 fully saturated rings. The first kappa shape index (κ1) is 27.3. The number of hydrogen-bond acceptors (Lipinski definition) is 6. The third-order valence-electron chi connectivity index (χ3n) is 5.81. The summed E-state index contributed by atoms with van der Waals surface area (Å²) in [7, 11) is 1.49. The van der Waals surface area contributed by atoms with E-state index in [9.17, 15) is 14.4 Å². The summed E-state index contributed by atoms with van der Waals surface area (Å²) in [4.78, 5) is 39.1. The first-order valence-electron chi connectivity index (χ1n) is 11.9. The van der Waals surface area contributed by atoms with Gasteiger partial charge in [-0.05, 0) is 64.7 Å². The highest BCUT2D eigenvalue weighted by Crippen LogP contribution is 2.39. The average molecular weight is 551 g/mol. The number of carbonyl (C=O) groups is 3. The Morgan fingerprint density at radius 3 is 2.45 bits per heavy atom. The zero-order chi connectivity index (χ0) is 27.2. The van der Waals surface area contributed by atoms with E-state index in [-0.39, 0.29) is 11.4 Å². The molecule has 0 spiro atoms. The van der Waals surface area contributed by atoms with E-state index in [1.165, 1.54) is 7.11 Å². The van der Waals surface area contributed by atoms with Crippen LogP contribution in [0.5, 0.6) is 11.5 Å². The fraction of sp³-hybridized carbons (Fsp3) is 0.207. The topological polar surface area (TPSA) is 84.9 Å². The number of carbonyl (C=O) groups excluding carboxylic acids is 3. The summed E-state index contributed by atoms with van der Waals surface area (Å²) in [6.07, 6.45) is 1.54. The van der Waals surface area contributed by atoms with E-state index in [1.807, 2.05) is 42.5 Å². The number of hydrogen-bond donors (Lipinski definition) is 1. The van der Waals surface area contributed by atoms with Gasteiger partial charge in [0.1, 0.15) is 13.2 Å². The summed E-state index contributed by atoms with van der Waals surface area (Å²) in [5.74, 6) is 0.123. The second-order valence-electron chi connectivity index (χ2n) is 8.90. The molecular weight excluding hydrogens is 524 g/mol. The van der Waals surface area contributed by atoms with E-state index in [0.29, 0.717) is 40.3 Å². The Hall–Kier alpha value is -3.75. The van der Waals surface area contributed by atoms with Crippen molar-refractivity contribution in [2.75, 3.05) is 19.0 Å². The van der Waals surface area contributed by atoms with Crippen LogP contribution in [-0.2, 0) is 16.2 Å². The molecule has 1 aliphatic heterocycles. The highest BCUT2D eigenvalue weighted by molar-refractivity contribution is 8.18. The molecule has 0 bridgehead atoms. The number of ether oxygens (including phenoxy) is 2. The maximum absolute atomic E-state index is 12.9. The van der Waals surface area contributed by atoms with E-state index in [0.717, 1.165) is 27.8 Å². The predicted molar refractivity (Wildman–Crippen MR) is 151 cm³/mol. The largest absolute Gasteiger partial charge is 0.493 e. The maximum atomic E-state index is 12.9. The highest BCUT2D eigenvalue weighted by Gasteiger charge is 2.36. The summed E-state index contributed by atoms with van der Waals surface area (Å²) >= 11 is 7.24. The van der Waals surface area contributed by atoms with Gasteiger partial charge in [0.2, 0.25) is 5.91 Å². The van der Waals surface area contributed by atoms with Crippen molar-refractivity contribution >= 4 is 52.2 Å². The van der Waals surface area contributed by atoms with Gasteiger partial charge in [-0.3, -0.25) is 19.3 Å². The molecule has 3 amide bonds. The number of thioether (sulfide) groups is 1. The number of methoxy groups -OCH3 is 1. The molecular formula is C29H27ClN2O5S. The van der Waals surface area contributed by atoms with Gasteiger partial charge in [0.05, 0.1) is 17.0 Å². The van der Waals surface area contributed by atoms with Gasteiger partial charge in [-0.15, -0.1) is 0 Å². The number of nitrogens with one attached hydrogen (secondary N) is 1. The van der Waals surface area contributed by atoms with E-state index >= 15 is 0 Å². The fourth-order valence-corrected chi connectivity index (χ4v) is 4.89. The quantitative estimate of drug-likeness (QED) is 0.297. The lowest BCUT2D eigenvalue weighted by Gasteiger charge is -2.14. The van der Waals surface area contributed by atoms with Crippen LogP contribution in [0.2, 0.25) is 5.02 Å². The average Bonchev–Trinajstić information content (AvgIpc) is 3.15. The Morgan fingerprint density at radius 1 is 1.08 bits per heavy atom. The van der Waals surface area contributed by atoms with Gasteiger partial charge in [-0.25, -0.2) is 0 Å². The molecule has 1 aliphatic rings. The molecule has 1 heterocycles. The third kappa shape index (κ3) is 6.57. The van der Waals surface area contributed by atoms with Gasteiger partial charge >= 0.3 is 0 Å². The normalized spacial score (nSPS) is 14.3. The minimum atomic E-state index is -0.551. The van der Waals surface area contributed by atoms with Crippen molar-refractivity contribution in [1.82, 2.24) is 4.90 Å². The van der Waals surface area contributed by atoms with Gasteiger partial charge in [-0.1, -0.05) is 67.9 Å². The number of amides is 3. The van der Waals surface area contributed by atoms with Gasteiger partial charge in [0, 0.05) is 5.69 Å². The molecule has 4 rings (SSSR count). The van der Waals surface area contributed by atoms with E-state index in [2.05, 4.69) is 19.2 Å². The minimum Gasteiger partial charge on any atom is -0.493 e. The van der Waals surface area contributed by atoms with Crippen LogP contribution in [0.3, 0.4) is 0 Å². The molecule has 3 aromatic rings. The Labute approximate surface area is 230 Å². The Bertz CT molecular complexity index is 1370. The molecule has 0 atom stereocenters. The molecule has 0 aliphatic carbocycles. The first-order chi connectivity index (χ1) is 18.2. The van der Waals surface area contributed by atoms with Crippen LogP contribution in [0.15, 0.2) is 71.6 Å². The van der Waals surface area contributed by atoms with Crippen molar-refractivity contribution in [1.29, 1.82) is 0 Å². The summed E-state index contributed by atoms with van der Waals surface area (Å²) in [5, 5.41) is 2.51. The Balaban J connectivity index is 1.44. The Kier molecular flexibility index (Phi) is 8.76. The number of rotatable bonds is 9. The van der Waals surface area contributed by atoms with Crippen molar-refractivity contribution in [3.63, 3.8) is 0 Å². The van der Waals surface area contributed by atoms with Crippen LogP contribution < -0.4 is 14.8 Å². The molecule has 3 aromatic carbocycles. The van der Waals surface area contributed by atoms with Crippen molar-refractivity contribution in [3.8, 4) is 11.5 Å². The van der Waals surface area contributed by atoms with Crippen molar-refractivity contribution in [3.05, 3.63) is 93.3 Å². The van der Waals surface area contributed by atoms with Gasteiger partial charge in [0.15, 0.2) is 11.5 Å². The monoisotopic (exact) mass is 550 g/mol. The maximum Gasteiger partial charge on any atom is 0.294 e. The summed E-state index contributed by atoms with van der Waals surface area (Å²) in [6, 6.07) is 20.4. The van der Waals surface area contributed by atoms with E-state index in [1.54, 1.807) is 30.3 Å². The molecule has 1 saturated heterocycles. The summed E-state index contributed by atoms with van der Waals surface area (Å²) in [5.41, 5.74) is 3.27. The van der Waals surface area contributed by atoms with Crippen LogP contribution in [0.4, 0.5) is 10.5 Å². The lowest BCUT2D eigenvalue weighted by atomic mass is 10.0. The van der Waals surface area contributed by atoms with Crippen molar-refractivity contribution in [2.45, 2.75) is 26.4 Å². The molecule has 0 radical (unpaired) electrons. The Morgan fingerprint density at radius 2 is 1.79 bits per heavy atom. The predicted octanol–water partition coefficient (Wildman–Crippen LogP) is 6.73. The van der Waals surface area contributed by atoms with E-state index < -0.39 is 17.1 Å². The highest BCUT2D eigenvalue weighted by atomic mass is 35.5. The molecule has 1 N–H and O–H groups in total. The first-order valence-corrected chi connectivity index (χ1v) is 13.1. The SMILES string of the molecule is COc1cc(/C=C2\SC(=O)N(CC(=O)Nc3ccc(C(C)C)cc3)C2=O)cc(Cl)c1OCc1ccccc1. The summed E-state index contributed by atoms with van der Waals surface area (Å²) in [6.45, 7) is 4.09. The molecule has 38 heavy (non-hydrogen) atoms. The number of imide groups is 1. The van der Waals surface area contributed by atoms with Crippen molar-refractivity contribution in [2.24, 2.45) is 0 Å². The molecule has 7 nitrogen and oxygen atoms in total. The van der Waals surface area contributed by atoms with Crippen LogP contribution in [0, 0.1) is 0 Å². The van der Waals surface area contributed by atoms with Crippen LogP contribution in [-0.4, -0.2) is 35.6 Å². The van der Waals surface area contributed by atoms with Gasteiger partial charge in [0.25, 0.3) is 11.1 Å². The number of halogens is 1. The number of benzene rings is 3. The van der Waals surface area contributed by atoms with Gasteiger partial charge < -0.3 is 14.8 Å². The van der Waals surface area contributed by atoms with Crippen LogP contribution >= 0.6 is 23.4 Å². The third-order valence-corrected chi connectivity index (χ3v) is 7.00. The lowest BCUT2D eigenvalue weighted by Crippen LogP contribution is -2.36. The zero-order valence-corrected chi connectivity index (χ0v) is 22.8. The zero-order valence-electron chi connectivity index (χ0n) is 21.2. The smallest absolute Gasteiger partial charge is 0.294 e.